The van der Waals surface area contributed by atoms with Gasteiger partial charge in [-0.2, -0.15) is 0 Å². The molecular formula is C15H22N2O2S. The summed E-state index contributed by atoms with van der Waals surface area (Å²) in [6.07, 6.45) is 4.14. The predicted molar refractivity (Wildman–Crippen MR) is 82.8 cm³/mol. The number of nitrogens with zero attached hydrogens (tertiary/aromatic N) is 1. The van der Waals surface area contributed by atoms with Gasteiger partial charge in [-0.1, -0.05) is 0 Å². The average molecular weight is 294 g/mol. The smallest absolute Gasteiger partial charge is 0.171 e. The number of β-amino-alcohol motifs (C(OH)–C–C–N with tert-alkyl or cyclic N) is 1. The fraction of sp³-hybridized carbons (Fsp3) is 0.667. The number of nitrogen functional groups attached to an aromatic ring is 1. The first-order chi connectivity index (χ1) is 9.39. The second kappa shape index (κ2) is 4.74. The van der Waals surface area contributed by atoms with E-state index in [0.29, 0.717) is 23.0 Å². The Balaban J connectivity index is 1.99. The van der Waals surface area contributed by atoms with E-state index in [-0.39, 0.29) is 5.78 Å². The molecule has 0 amide bonds. The number of carbonyl (C=O) groups is 1. The van der Waals surface area contributed by atoms with Crippen LogP contribution in [0.3, 0.4) is 0 Å². The lowest BCUT2D eigenvalue weighted by molar-refractivity contribution is 0.0451. The highest BCUT2D eigenvalue weighted by atomic mass is 32.1. The number of Topliss-reactive ketones (excluding diaryl/α,β-unsaturated/α-hetero) is 1. The summed E-state index contributed by atoms with van der Waals surface area (Å²) in [6, 6.07) is 0. The lowest BCUT2D eigenvalue weighted by Crippen LogP contribution is -2.46. The van der Waals surface area contributed by atoms with Gasteiger partial charge in [0.1, 0.15) is 0 Å². The van der Waals surface area contributed by atoms with E-state index in [1.54, 1.807) is 6.92 Å². The molecule has 1 unspecified atom stereocenters. The lowest BCUT2D eigenvalue weighted by atomic mass is 9.95. The van der Waals surface area contributed by atoms with E-state index in [0.717, 1.165) is 42.8 Å². The van der Waals surface area contributed by atoms with E-state index in [1.807, 2.05) is 6.92 Å². The molecule has 1 aromatic heterocycles. The Morgan fingerprint density at radius 3 is 2.75 bits per heavy atom. The molecule has 2 heterocycles. The SMILES string of the molecule is CC(=O)c1sc(N2CCCC(C)(O)C2)c(C2CC2)c1N. The number of piperidine rings is 1. The van der Waals surface area contributed by atoms with Crippen molar-refractivity contribution in [3.8, 4) is 0 Å². The molecule has 1 aliphatic carbocycles. The fourth-order valence-electron chi connectivity index (χ4n) is 3.10. The molecule has 2 aliphatic rings. The molecule has 0 spiro atoms. The van der Waals surface area contributed by atoms with Crippen molar-refractivity contribution in [1.82, 2.24) is 0 Å². The number of ketones is 1. The highest BCUT2D eigenvalue weighted by Crippen LogP contribution is 2.52. The second-order valence-electron chi connectivity index (χ2n) is 6.42. The van der Waals surface area contributed by atoms with Crippen molar-refractivity contribution in [2.75, 3.05) is 23.7 Å². The Morgan fingerprint density at radius 2 is 2.20 bits per heavy atom. The molecular weight excluding hydrogens is 272 g/mol. The van der Waals surface area contributed by atoms with Gasteiger partial charge in [-0.25, -0.2) is 0 Å². The van der Waals surface area contributed by atoms with Gasteiger partial charge in [0, 0.05) is 25.6 Å². The summed E-state index contributed by atoms with van der Waals surface area (Å²) in [4.78, 5) is 14.7. The number of anilines is 2. The topological polar surface area (TPSA) is 66.6 Å². The van der Waals surface area contributed by atoms with Crippen LogP contribution in [0.1, 0.15) is 60.7 Å². The van der Waals surface area contributed by atoms with Crippen molar-refractivity contribution in [2.45, 2.75) is 51.0 Å². The molecule has 4 nitrogen and oxygen atoms in total. The maximum absolute atomic E-state index is 11.7. The summed E-state index contributed by atoms with van der Waals surface area (Å²) in [6.45, 7) is 5.03. The van der Waals surface area contributed by atoms with Crippen LogP contribution < -0.4 is 10.6 Å². The molecule has 1 aromatic rings. The van der Waals surface area contributed by atoms with Gasteiger partial charge in [0.2, 0.25) is 0 Å². The molecule has 1 saturated carbocycles. The number of hydrogen-bond acceptors (Lipinski definition) is 5. The van der Waals surface area contributed by atoms with Crippen LogP contribution in [0.5, 0.6) is 0 Å². The normalized spacial score (nSPS) is 26.9. The third-order valence-corrected chi connectivity index (χ3v) is 5.61. The first-order valence-corrected chi connectivity index (χ1v) is 8.11. The largest absolute Gasteiger partial charge is 0.397 e. The predicted octanol–water partition coefficient (Wildman–Crippen LogP) is 2.76. The standard InChI is InChI=1S/C15H22N2O2S/c1-9(18)13-12(16)11(10-4-5-10)14(20-13)17-7-3-6-15(2,19)8-17/h10,19H,3-8,16H2,1-2H3. The maximum atomic E-state index is 11.7. The minimum absolute atomic E-state index is 0.0458. The van der Waals surface area contributed by atoms with Crippen molar-refractivity contribution in [2.24, 2.45) is 0 Å². The molecule has 1 aliphatic heterocycles. The number of carbonyl (C=O) groups excluding carboxylic acids is 1. The van der Waals surface area contributed by atoms with Crippen molar-refractivity contribution in [3.05, 3.63) is 10.4 Å². The van der Waals surface area contributed by atoms with E-state index < -0.39 is 5.60 Å². The van der Waals surface area contributed by atoms with E-state index in [4.69, 9.17) is 5.73 Å². The molecule has 0 aromatic carbocycles. The Hall–Kier alpha value is -1.07. The van der Waals surface area contributed by atoms with E-state index >= 15 is 0 Å². The fourth-order valence-corrected chi connectivity index (χ4v) is 4.33. The third-order valence-electron chi connectivity index (χ3n) is 4.23. The average Bonchev–Trinajstić information content (AvgIpc) is 3.11. The van der Waals surface area contributed by atoms with E-state index in [9.17, 15) is 9.90 Å². The zero-order valence-electron chi connectivity index (χ0n) is 12.1. The molecule has 1 saturated heterocycles. The Kier molecular flexibility index (Phi) is 3.29. The van der Waals surface area contributed by atoms with Gasteiger partial charge in [0.25, 0.3) is 0 Å². The highest BCUT2D eigenvalue weighted by Gasteiger charge is 2.36. The van der Waals surface area contributed by atoms with Crippen LogP contribution in [0.4, 0.5) is 10.7 Å². The monoisotopic (exact) mass is 294 g/mol. The van der Waals surface area contributed by atoms with Crippen LogP contribution >= 0.6 is 11.3 Å². The molecule has 0 bridgehead atoms. The summed E-state index contributed by atoms with van der Waals surface area (Å²) in [5.74, 6) is 0.561. The van der Waals surface area contributed by atoms with Crippen LogP contribution in [0, 0.1) is 0 Å². The van der Waals surface area contributed by atoms with Gasteiger partial charge < -0.3 is 15.7 Å². The summed E-state index contributed by atoms with van der Waals surface area (Å²) >= 11 is 1.51. The zero-order valence-corrected chi connectivity index (χ0v) is 12.9. The molecule has 110 valence electrons. The van der Waals surface area contributed by atoms with Crippen molar-refractivity contribution in [3.63, 3.8) is 0 Å². The zero-order chi connectivity index (χ0) is 14.5. The Bertz CT molecular complexity index is 546. The van der Waals surface area contributed by atoms with Crippen LogP contribution in [0.2, 0.25) is 0 Å². The Morgan fingerprint density at radius 1 is 1.50 bits per heavy atom. The summed E-state index contributed by atoms with van der Waals surface area (Å²) in [5, 5.41) is 11.4. The number of rotatable bonds is 3. The van der Waals surface area contributed by atoms with Gasteiger partial charge in [-0.05, 0) is 38.5 Å². The first-order valence-electron chi connectivity index (χ1n) is 7.29. The molecule has 20 heavy (non-hydrogen) atoms. The quantitative estimate of drug-likeness (QED) is 0.841. The van der Waals surface area contributed by atoms with Gasteiger partial charge in [-0.3, -0.25) is 4.79 Å². The van der Waals surface area contributed by atoms with Crippen LogP contribution in [-0.4, -0.2) is 29.6 Å². The molecule has 2 fully saturated rings. The molecule has 5 heteroatoms. The third kappa shape index (κ3) is 2.44. The van der Waals surface area contributed by atoms with Crippen molar-refractivity contribution >= 4 is 27.8 Å². The second-order valence-corrected chi connectivity index (χ2v) is 7.42. The van der Waals surface area contributed by atoms with Crippen molar-refractivity contribution < 1.29 is 9.90 Å². The summed E-state index contributed by atoms with van der Waals surface area (Å²) < 4.78 is 0. The minimum Gasteiger partial charge on any atom is -0.397 e. The molecule has 3 N–H and O–H groups in total. The molecule has 0 radical (unpaired) electrons. The van der Waals surface area contributed by atoms with Gasteiger partial charge >= 0.3 is 0 Å². The molecule has 3 rings (SSSR count). The van der Waals surface area contributed by atoms with Crippen molar-refractivity contribution in [1.29, 1.82) is 0 Å². The Labute approximate surface area is 123 Å². The van der Waals surface area contributed by atoms with E-state index in [2.05, 4.69) is 4.90 Å². The van der Waals surface area contributed by atoms with Crippen LogP contribution in [0.15, 0.2) is 0 Å². The molecule has 1 atom stereocenters. The lowest BCUT2D eigenvalue weighted by Gasteiger charge is -2.38. The van der Waals surface area contributed by atoms with Crippen LogP contribution in [-0.2, 0) is 0 Å². The van der Waals surface area contributed by atoms with Crippen LogP contribution in [0.25, 0.3) is 0 Å². The van der Waals surface area contributed by atoms with Gasteiger partial charge in [-0.15, -0.1) is 11.3 Å². The number of aliphatic hydroxyl groups is 1. The number of hydrogen-bond donors (Lipinski definition) is 2. The number of thiophene rings is 1. The number of nitrogens with two attached hydrogens (primary N) is 1. The maximum Gasteiger partial charge on any atom is 0.171 e. The summed E-state index contributed by atoms with van der Waals surface area (Å²) in [5.41, 5.74) is 7.43. The van der Waals surface area contributed by atoms with E-state index in [1.165, 1.54) is 11.3 Å². The van der Waals surface area contributed by atoms with Gasteiger partial charge in [0.05, 0.1) is 21.2 Å². The summed E-state index contributed by atoms with van der Waals surface area (Å²) in [7, 11) is 0. The highest BCUT2D eigenvalue weighted by molar-refractivity contribution is 7.18. The van der Waals surface area contributed by atoms with Gasteiger partial charge in [0.15, 0.2) is 5.78 Å². The minimum atomic E-state index is -0.645. The first kappa shape index (κ1) is 13.9.